The predicted molar refractivity (Wildman–Crippen MR) is 44.0 cm³/mol. The Hall–Kier alpha value is -0.340. The second kappa shape index (κ2) is 5.79. The van der Waals surface area contributed by atoms with Crippen LogP contribution in [0.25, 0.3) is 0 Å². The van der Waals surface area contributed by atoms with Gasteiger partial charge in [0, 0.05) is 4.88 Å². The summed E-state index contributed by atoms with van der Waals surface area (Å²) in [4.78, 5) is 1.38. The van der Waals surface area contributed by atoms with Crippen LogP contribution in [0.4, 0.5) is 0 Å². The minimum atomic E-state index is 1.38. The average Bonchev–Trinajstić information content (AvgIpc) is 2.20. The van der Waals surface area contributed by atoms with Crippen LogP contribution in [0, 0.1) is 6.92 Å². The Morgan fingerprint density at radius 3 is 2.11 bits per heavy atom. The van der Waals surface area contributed by atoms with E-state index in [1.807, 2.05) is 14.1 Å². The lowest BCUT2D eigenvalue weighted by Crippen LogP contribution is -1.89. The highest BCUT2D eigenvalue weighted by molar-refractivity contribution is 7.09. The van der Waals surface area contributed by atoms with Gasteiger partial charge >= 0.3 is 0 Å². The fraction of sp³-hybridized carbons (Fsp3) is 0.429. The Morgan fingerprint density at radius 2 is 2.00 bits per heavy atom. The van der Waals surface area contributed by atoms with Gasteiger partial charge in [-0.1, -0.05) is 6.07 Å². The van der Waals surface area contributed by atoms with Gasteiger partial charge in [0.15, 0.2) is 0 Å². The number of thiophene rings is 1. The summed E-state index contributed by atoms with van der Waals surface area (Å²) in [6.45, 7) is 2.10. The zero-order valence-electron chi connectivity index (χ0n) is 6.14. The van der Waals surface area contributed by atoms with E-state index in [4.69, 9.17) is 0 Å². The molecule has 0 spiro atoms. The highest BCUT2D eigenvalue weighted by Crippen LogP contribution is 2.03. The van der Waals surface area contributed by atoms with Crippen LogP contribution in [-0.4, -0.2) is 14.1 Å². The molecule has 1 nitrogen and oxygen atoms in total. The smallest absolute Gasteiger partial charge is 0.00141 e. The third kappa shape index (κ3) is 5.53. The second-order valence-electron chi connectivity index (χ2n) is 1.72. The van der Waals surface area contributed by atoms with Gasteiger partial charge in [0.25, 0.3) is 0 Å². The molecule has 0 aliphatic carbocycles. The third-order valence-corrected chi connectivity index (χ3v) is 1.46. The summed E-state index contributed by atoms with van der Waals surface area (Å²) in [6.07, 6.45) is 0. The number of rotatable bonds is 0. The summed E-state index contributed by atoms with van der Waals surface area (Å²) in [6, 6.07) is 4.16. The first-order valence-corrected chi connectivity index (χ1v) is 3.77. The molecule has 1 aromatic rings. The molecule has 0 unspecified atom stereocenters. The van der Waals surface area contributed by atoms with Gasteiger partial charge in [0.05, 0.1) is 0 Å². The van der Waals surface area contributed by atoms with Gasteiger partial charge in [-0.2, -0.15) is 0 Å². The van der Waals surface area contributed by atoms with E-state index in [0.29, 0.717) is 0 Å². The summed E-state index contributed by atoms with van der Waals surface area (Å²) < 4.78 is 0. The topological polar surface area (TPSA) is 12.0 Å². The van der Waals surface area contributed by atoms with E-state index in [-0.39, 0.29) is 0 Å². The summed E-state index contributed by atoms with van der Waals surface area (Å²) in [5.41, 5.74) is 0. The van der Waals surface area contributed by atoms with Crippen LogP contribution in [0.1, 0.15) is 4.88 Å². The van der Waals surface area contributed by atoms with Crippen LogP contribution < -0.4 is 5.32 Å². The van der Waals surface area contributed by atoms with Crippen molar-refractivity contribution in [3.05, 3.63) is 22.4 Å². The fourth-order valence-electron chi connectivity index (χ4n) is 0.361. The number of nitrogens with one attached hydrogen (secondary N) is 1. The molecular weight excluding hydrogens is 130 g/mol. The minimum absolute atomic E-state index is 1.38. The minimum Gasteiger partial charge on any atom is -0.323 e. The van der Waals surface area contributed by atoms with E-state index in [2.05, 4.69) is 29.8 Å². The number of aryl methyl sites for hydroxylation is 1. The van der Waals surface area contributed by atoms with E-state index in [0.717, 1.165) is 0 Å². The predicted octanol–water partition coefficient (Wildman–Crippen LogP) is 1.89. The van der Waals surface area contributed by atoms with Crippen molar-refractivity contribution in [2.75, 3.05) is 14.1 Å². The summed E-state index contributed by atoms with van der Waals surface area (Å²) in [7, 11) is 3.75. The van der Waals surface area contributed by atoms with Gasteiger partial charge in [-0.25, -0.2) is 0 Å². The number of hydrogen-bond donors (Lipinski definition) is 1. The molecule has 9 heavy (non-hydrogen) atoms. The summed E-state index contributed by atoms with van der Waals surface area (Å²) in [5.74, 6) is 0. The number of hydrogen-bond acceptors (Lipinski definition) is 2. The maximum absolute atomic E-state index is 2.75. The van der Waals surface area contributed by atoms with Crippen molar-refractivity contribution in [2.24, 2.45) is 0 Å². The van der Waals surface area contributed by atoms with E-state index in [9.17, 15) is 0 Å². The first-order chi connectivity index (χ1) is 4.31. The Bertz CT molecular complexity index is 123. The third-order valence-electron chi connectivity index (χ3n) is 0.663. The molecule has 1 N–H and O–H groups in total. The quantitative estimate of drug-likeness (QED) is 0.585. The van der Waals surface area contributed by atoms with Gasteiger partial charge in [0.1, 0.15) is 0 Å². The van der Waals surface area contributed by atoms with Gasteiger partial charge < -0.3 is 5.32 Å². The van der Waals surface area contributed by atoms with E-state index in [1.165, 1.54) is 4.88 Å². The molecule has 0 radical (unpaired) electrons. The molecule has 1 aromatic heterocycles. The van der Waals surface area contributed by atoms with Crippen molar-refractivity contribution in [2.45, 2.75) is 6.92 Å². The normalized spacial score (nSPS) is 7.89. The lowest BCUT2D eigenvalue weighted by atomic mass is 10.5. The monoisotopic (exact) mass is 143 g/mol. The maximum atomic E-state index is 2.75. The van der Waals surface area contributed by atoms with E-state index >= 15 is 0 Å². The largest absolute Gasteiger partial charge is 0.323 e. The van der Waals surface area contributed by atoms with Crippen molar-refractivity contribution < 1.29 is 0 Å². The molecule has 52 valence electrons. The molecule has 0 saturated carbocycles. The highest BCUT2D eigenvalue weighted by atomic mass is 32.1. The molecule has 0 atom stereocenters. The molecule has 1 rings (SSSR count). The van der Waals surface area contributed by atoms with Crippen molar-refractivity contribution in [3.63, 3.8) is 0 Å². The standard InChI is InChI=1S/C5H6S.C2H7N/c1-5-3-2-4-6-5;1-3-2/h2-4H,1H3;3H,1-2H3. The SMILES string of the molecule is CNC.Cc1cccs1. The van der Waals surface area contributed by atoms with Gasteiger partial charge in [0.2, 0.25) is 0 Å². The van der Waals surface area contributed by atoms with Crippen molar-refractivity contribution in [1.82, 2.24) is 5.32 Å². The molecule has 0 fully saturated rings. The molecule has 0 aliphatic heterocycles. The fourth-order valence-corrected chi connectivity index (χ4v) is 0.890. The van der Waals surface area contributed by atoms with Crippen LogP contribution >= 0.6 is 11.3 Å². The molecule has 2 heteroatoms. The first kappa shape index (κ1) is 8.66. The molecule has 0 saturated heterocycles. The van der Waals surface area contributed by atoms with Crippen molar-refractivity contribution >= 4 is 11.3 Å². The van der Waals surface area contributed by atoms with Crippen LogP contribution in [0.3, 0.4) is 0 Å². The van der Waals surface area contributed by atoms with Crippen molar-refractivity contribution in [1.29, 1.82) is 0 Å². The molecule has 0 bridgehead atoms. The second-order valence-corrected chi connectivity index (χ2v) is 2.88. The van der Waals surface area contributed by atoms with Gasteiger partial charge in [-0.05, 0) is 32.5 Å². The van der Waals surface area contributed by atoms with Crippen LogP contribution in [0.5, 0.6) is 0 Å². The molecule has 0 aliphatic rings. The summed E-state index contributed by atoms with van der Waals surface area (Å²) >= 11 is 1.78. The van der Waals surface area contributed by atoms with E-state index in [1.54, 1.807) is 11.3 Å². The lowest BCUT2D eigenvalue weighted by molar-refractivity contribution is 1.02. The Balaban J connectivity index is 0.000000187. The maximum Gasteiger partial charge on any atom is 0.00141 e. The zero-order chi connectivity index (χ0) is 7.11. The van der Waals surface area contributed by atoms with Crippen LogP contribution in [0.15, 0.2) is 17.5 Å². The Kier molecular flexibility index (Phi) is 5.57. The summed E-state index contributed by atoms with van der Waals surface area (Å²) in [5, 5.41) is 4.83. The highest BCUT2D eigenvalue weighted by Gasteiger charge is 1.74. The zero-order valence-corrected chi connectivity index (χ0v) is 6.96. The van der Waals surface area contributed by atoms with Gasteiger partial charge in [-0.3, -0.25) is 0 Å². The molecule has 0 aromatic carbocycles. The van der Waals surface area contributed by atoms with Gasteiger partial charge in [-0.15, -0.1) is 11.3 Å². The average molecular weight is 143 g/mol. The van der Waals surface area contributed by atoms with Crippen molar-refractivity contribution in [3.8, 4) is 0 Å². The Morgan fingerprint density at radius 1 is 1.44 bits per heavy atom. The van der Waals surface area contributed by atoms with Crippen LogP contribution in [-0.2, 0) is 0 Å². The van der Waals surface area contributed by atoms with E-state index < -0.39 is 0 Å². The first-order valence-electron chi connectivity index (χ1n) is 2.90. The van der Waals surface area contributed by atoms with Crippen LogP contribution in [0.2, 0.25) is 0 Å². The molecule has 1 heterocycles. The molecule has 0 amide bonds. The Labute approximate surface area is 60.7 Å². The molecular formula is C7H13NS. The lowest BCUT2D eigenvalue weighted by Gasteiger charge is -1.65.